The molecule has 0 saturated carbocycles. The van der Waals surface area contributed by atoms with Crippen molar-refractivity contribution < 1.29 is 65.3 Å². The number of carboxylic acids is 2. The van der Waals surface area contributed by atoms with Gasteiger partial charge in [-0.25, -0.2) is 9.59 Å². The molecule has 0 unspecified atom stereocenters. The zero-order chi connectivity index (χ0) is 42.2. The molecule has 0 aliphatic carbocycles. The predicted molar refractivity (Wildman–Crippen MR) is 188 cm³/mol. The van der Waals surface area contributed by atoms with Gasteiger partial charge in [0.25, 0.3) is 0 Å². The number of nitrogens with one attached hydrogen (secondary N) is 6. The summed E-state index contributed by atoms with van der Waals surface area (Å²) in [5.41, 5.74) is 1.84. The van der Waals surface area contributed by atoms with Crippen LogP contribution >= 0.6 is 0 Å². The number of halogens is 6. The molecule has 0 aliphatic rings. The minimum absolute atomic E-state index is 0.114. The standard InChI is InChI=1S/C30H46N8O4.2C2HF3O2/c39-27(9-11-29(41)37-23-25-7-3-15-33-21-25)35-19-5-17-31-13-1-2-14-32-18-6-20-36-28(40)10-12-30(42)38-24-26-8-4-16-34-22-26;2*3-2(4,5)1(6)7/h3-4,7-8,15-16,21-22,31-32H,1-2,5-6,9-14,17-20,23-24H2,(H,35,39)(H,36,40)(H,37,41)(H,38,42);2*(H,6,7). The van der Waals surface area contributed by atoms with Crippen LogP contribution in [0.5, 0.6) is 0 Å². The number of pyridine rings is 2. The largest absolute Gasteiger partial charge is 0.490 e. The Kier molecular flexibility index (Phi) is 27.0. The summed E-state index contributed by atoms with van der Waals surface area (Å²) in [4.78, 5) is 73.4. The Labute approximate surface area is 319 Å². The highest BCUT2D eigenvalue weighted by Crippen LogP contribution is 2.13. The van der Waals surface area contributed by atoms with Gasteiger partial charge in [0, 0.05) is 76.6 Å². The molecule has 2 rings (SSSR count). The van der Waals surface area contributed by atoms with Gasteiger partial charge in [-0.15, -0.1) is 0 Å². The molecule has 0 fully saturated rings. The van der Waals surface area contributed by atoms with Crippen LogP contribution in [0.4, 0.5) is 26.3 Å². The smallest absolute Gasteiger partial charge is 0.475 e. The minimum Gasteiger partial charge on any atom is -0.475 e. The fraction of sp³-hybridized carbons (Fsp3) is 0.529. The fourth-order valence-electron chi connectivity index (χ4n) is 3.85. The monoisotopic (exact) mass is 810 g/mol. The van der Waals surface area contributed by atoms with E-state index in [0.29, 0.717) is 26.2 Å². The molecule has 56 heavy (non-hydrogen) atoms. The molecule has 22 heteroatoms. The van der Waals surface area contributed by atoms with E-state index < -0.39 is 24.3 Å². The number of hydrogen-bond donors (Lipinski definition) is 8. The third-order valence-electron chi connectivity index (χ3n) is 6.73. The van der Waals surface area contributed by atoms with Crippen LogP contribution < -0.4 is 31.9 Å². The zero-order valence-corrected chi connectivity index (χ0v) is 30.4. The summed E-state index contributed by atoms with van der Waals surface area (Å²) in [6.45, 7) is 5.47. The fourth-order valence-corrected chi connectivity index (χ4v) is 3.85. The third kappa shape index (κ3) is 31.0. The maximum Gasteiger partial charge on any atom is 0.490 e. The van der Waals surface area contributed by atoms with E-state index in [1.807, 2.05) is 24.3 Å². The minimum atomic E-state index is -5.08. The summed E-state index contributed by atoms with van der Waals surface area (Å²) < 4.78 is 63.5. The van der Waals surface area contributed by atoms with E-state index in [9.17, 15) is 45.5 Å². The summed E-state index contributed by atoms with van der Waals surface area (Å²) in [6, 6.07) is 7.40. The number of carbonyl (C=O) groups is 6. The molecule has 0 radical (unpaired) electrons. The van der Waals surface area contributed by atoms with Crippen LogP contribution in [0.3, 0.4) is 0 Å². The summed E-state index contributed by atoms with van der Waals surface area (Å²) in [5.74, 6) is -6.04. The number of aliphatic carboxylic acids is 2. The lowest BCUT2D eigenvalue weighted by Gasteiger charge is -2.08. The zero-order valence-electron chi connectivity index (χ0n) is 30.4. The lowest BCUT2D eigenvalue weighted by molar-refractivity contribution is -0.193. The van der Waals surface area contributed by atoms with Gasteiger partial charge in [0.2, 0.25) is 23.6 Å². The molecule has 0 spiro atoms. The Morgan fingerprint density at radius 1 is 0.500 bits per heavy atom. The molecule has 2 aromatic heterocycles. The molecule has 8 N–H and O–H groups in total. The number of amides is 4. The van der Waals surface area contributed by atoms with Gasteiger partial charge in [-0.2, -0.15) is 26.3 Å². The molecule has 2 aromatic rings. The van der Waals surface area contributed by atoms with Gasteiger partial charge in [0.15, 0.2) is 0 Å². The summed E-state index contributed by atoms with van der Waals surface area (Å²) >= 11 is 0. The quantitative estimate of drug-likeness (QED) is 0.0596. The molecular weight excluding hydrogens is 762 g/mol. The Morgan fingerprint density at radius 3 is 1.09 bits per heavy atom. The van der Waals surface area contributed by atoms with Crippen molar-refractivity contribution >= 4 is 35.6 Å². The molecule has 2 heterocycles. The molecule has 16 nitrogen and oxygen atoms in total. The van der Waals surface area contributed by atoms with Gasteiger partial charge in [0.1, 0.15) is 0 Å². The summed E-state index contributed by atoms with van der Waals surface area (Å²) in [7, 11) is 0. The lowest BCUT2D eigenvalue weighted by Crippen LogP contribution is -2.30. The Bertz CT molecular complexity index is 1330. The second-order valence-electron chi connectivity index (χ2n) is 11.5. The number of nitrogens with zero attached hydrogens (tertiary/aromatic N) is 2. The van der Waals surface area contributed by atoms with E-state index in [2.05, 4.69) is 41.9 Å². The van der Waals surface area contributed by atoms with Crippen molar-refractivity contribution in [2.75, 3.05) is 39.3 Å². The molecular formula is C34H48F6N8O8. The number of alkyl halides is 6. The lowest BCUT2D eigenvalue weighted by atomic mass is 10.2. The van der Waals surface area contributed by atoms with Crippen LogP contribution in [-0.2, 0) is 41.9 Å². The number of rotatable bonds is 23. The molecule has 0 aliphatic heterocycles. The second kappa shape index (κ2) is 29.9. The molecule has 314 valence electrons. The topological polar surface area (TPSA) is 241 Å². The first-order valence-corrected chi connectivity index (χ1v) is 17.3. The van der Waals surface area contributed by atoms with E-state index in [1.54, 1.807) is 24.8 Å². The SMILES string of the molecule is O=C(CCC(=O)NCc1cccnc1)NCCCNCCCCNCCCNC(=O)CCC(=O)NCc1cccnc1.O=C(O)C(F)(F)F.O=C(O)C(F)(F)F. The van der Waals surface area contributed by atoms with E-state index in [-0.39, 0.29) is 49.3 Å². The second-order valence-corrected chi connectivity index (χ2v) is 11.5. The van der Waals surface area contributed by atoms with Gasteiger partial charge in [-0.05, 0) is 75.1 Å². The molecule has 4 amide bonds. The van der Waals surface area contributed by atoms with Crippen LogP contribution in [0.2, 0.25) is 0 Å². The highest BCUT2D eigenvalue weighted by Gasteiger charge is 2.38. The summed E-state index contributed by atoms with van der Waals surface area (Å²) in [6.07, 6.45) is 1.05. The number of carbonyl (C=O) groups excluding carboxylic acids is 4. The van der Waals surface area contributed by atoms with Crippen LogP contribution in [0.1, 0.15) is 62.5 Å². The van der Waals surface area contributed by atoms with E-state index in [1.165, 1.54) is 0 Å². The van der Waals surface area contributed by atoms with Crippen molar-refractivity contribution in [3.05, 3.63) is 60.2 Å². The Morgan fingerprint density at radius 2 is 0.804 bits per heavy atom. The number of unbranched alkanes of at least 4 members (excludes halogenated alkanes) is 1. The van der Waals surface area contributed by atoms with Crippen molar-refractivity contribution in [3.63, 3.8) is 0 Å². The maximum atomic E-state index is 11.9. The van der Waals surface area contributed by atoms with Crippen molar-refractivity contribution in [1.29, 1.82) is 0 Å². The molecule has 0 bridgehead atoms. The maximum absolute atomic E-state index is 11.9. The highest BCUT2D eigenvalue weighted by atomic mass is 19.4. The normalized spacial score (nSPS) is 10.8. The van der Waals surface area contributed by atoms with Gasteiger partial charge in [-0.3, -0.25) is 29.1 Å². The van der Waals surface area contributed by atoms with Gasteiger partial charge >= 0.3 is 24.3 Å². The van der Waals surface area contributed by atoms with E-state index >= 15 is 0 Å². The van der Waals surface area contributed by atoms with Crippen molar-refractivity contribution in [2.24, 2.45) is 0 Å². The van der Waals surface area contributed by atoms with Gasteiger partial charge < -0.3 is 42.1 Å². The molecule has 0 aromatic carbocycles. The van der Waals surface area contributed by atoms with Gasteiger partial charge in [-0.1, -0.05) is 12.1 Å². The number of aromatic nitrogens is 2. The van der Waals surface area contributed by atoms with Gasteiger partial charge in [0.05, 0.1) is 0 Å². The van der Waals surface area contributed by atoms with Crippen molar-refractivity contribution in [3.8, 4) is 0 Å². The van der Waals surface area contributed by atoms with Crippen LogP contribution in [-0.4, -0.2) is 107 Å². The molecule has 0 atom stereocenters. The first-order chi connectivity index (χ1) is 26.4. The predicted octanol–water partition coefficient (Wildman–Crippen LogP) is 2.21. The third-order valence-corrected chi connectivity index (χ3v) is 6.73. The van der Waals surface area contributed by atoms with E-state index in [4.69, 9.17) is 19.8 Å². The average Bonchev–Trinajstić information content (AvgIpc) is 3.15. The summed E-state index contributed by atoms with van der Waals surface area (Å²) in [5, 5.41) is 32.3. The number of hydrogen-bond acceptors (Lipinski definition) is 10. The first-order valence-electron chi connectivity index (χ1n) is 17.3. The van der Waals surface area contributed by atoms with Crippen molar-refractivity contribution in [2.45, 2.75) is 76.8 Å². The van der Waals surface area contributed by atoms with Crippen LogP contribution in [0, 0.1) is 0 Å². The number of carboxylic acid groups (broad SMARTS) is 2. The van der Waals surface area contributed by atoms with Crippen LogP contribution in [0.15, 0.2) is 49.1 Å². The molecule has 0 saturated heterocycles. The van der Waals surface area contributed by atoms with Crippen LogP contribution in [0.25, 0.3) is 0 Å². The Balaban J connectivity index is 0.00000182. The first kappa shape index (κ1) is 50.6. The van der Waals surface area contributed by atoms with E-state index in [0.717, 1.165) is 63.0 Å². The highest BCUT2D eigenvalue weighted by molar-refractivity contribution is 5.84. The van der Waals surface area contributed by atoms with Crippen molar-refractivity contribution in [1.82, 2.24) is 41.9 Å². The Hall–Kier alpha value is -5.38. The average molecular weight is 811 g/mol.